The maximum absolute atomic E-state index is 5.22. The van der Waals surface area contributed by atoms with E-state index in [1.165, 1.54) is 5.56 Å². The van der Waals surface area contributed by atoms with Gasteiger partial charge in [-0.3, -0.25) is 4.98 Å². The van der Waals surface area contributed by atoms with Gasteiger partial charge in [0.1, 0.15) is 5.76 Å². The van der Waals surface area contributed by atoms with Gasteiger partial charge in [-0.1, -0.05) is 66.7 Å². The Labute approximate surface area is 136 Å². The van der Waals surface area contributed by atoms with Crippen LogP contribution >= 0.6 is 0 Å². The van der Waals surface area contributed by atoms with E-state index in [2.05, 4.69) is 23.2 Å². The van der Waals surface area contributed by atoms with Crippen molar-refractivity contribution in [3.8, 4) is 22.5 Å². The van der Waals surface area contributed by atoms with Crippen LogP contribution in [0.5, 0.6) is 0 Å². The number of hydrogen-bond donors (Lipinski definition) is 0. The minimum atomic E-state index is 0.922. The second-order valence-electron chi connectivity index (χ2n) is 4.95. The third kappa shape index (κ3) is 4.17. The predicted octanol–water partition coefficient (Wildman–Crippen LogP) is 5.70. The second kappa shape index (κ2) is 7.76. The van der Waals surface area contributed by atoms with Gasteiger partial charge in [0.2, 0.25) is 0 Å². The molecule has 2 nitrogen and oxygen atoms in total. The normalized spacial score (nSPS) is 9.74. The number of aromatic nitrogens is 1. The molecule has 0 N–H and O–H groups in total. The Kier molecular flexibility index (Phi) is 4.99. The Morgan fingerprint density at radius 2 is 1.22 bits per heavy atom. The molecule has 0 radical (unpaired) electrons. The van der Waals surface area contributed by atoms with E-state index in [0.717, 1.165) is 16.9 Å². The third-order valence-corrected chi connectivity index (χ3v) is 3.35. The summed E-state index contributed by atoms with van der Waals surface area (Å²) in [5.41, 5.74) is 3.50. The summed E-state index contributed by atoms with van der Waals surface area (Å²) in [6.07, 6.45) is 5.34. The quantitative estimate of drug-likeness (QED) is 0.475. The van der Waals surface area contributed by atoms with Gasteiger partial charge in [0, 0.05) is 18.0 Å². The van der Waals surface area contributed by atoms with Crippen LogP contribution in [-0.2, 0) is 0 Å². The van der Waals surface area contributed by atoms with E-state index in [1.807, 2.05) is 72.9 Å². The van der Waals surface area contributed by atoms with Crippen LogP contribution in [0.4, 0.5) is 0 Å². The molecule has 0 spiro atoms. The van der Waals surface area contributed by atoms with Crippen LogP contribution in [0.25, 0.3) is 22.5 Å². The first-order valence-corrected chi connectivity index (χ1v) is 7.48. The van der Waals surface area contributed by atoms with Crippen LogP contribution in [-0.4, -0.2) is 4.98 Å². The fourth-order valence-electron chi connectivity index (χ4n) is 2.21. The highest BCUT2D eigenvalue weighted by Crippen LogP contribution is 2.18. The minimum absolute atomic E-state index is 0.922. The van der Waals surface area contributed by atoms with Crippen molar-refractivity contribution >= 4 is 0 Å². The highest BCUT2D eigenvalue weighted by Gasteiger charge is 1.96. The van der Waals surface area contributed by atoms with E-state index in [4.69, 9.17) is 4.42 Å². The van der Waals surface area contributed by atoms with Crippen molar-refractivity contribution in [2.24, 2.45) is 0 Å². The first-order valence-electron chi connectivity index (χ1n) is 7.48. The number of nitrogens with zero attached hydrogens (tertiary/aromatic N) is 1. The average Bonchev–Trinajstić information content (AvgIpc) is 3.19. The summed E-state index contributed by atoms with van der Waals surface area (Å²) in [4.78, 5) is 4.06. The van der Waals surface area contributed by atoms with Gasteiger partial charge in [0.15, 0.2) is 0 Å². The van der Waals surface area contributed by atoms with Crippen LogP contribution in [0.1, 0.15) is 0 Å². The van der Waals surface area contributed by atoms with E-state index in [1.54, 1.807) is 12.5 Å². The Balaban J connectivity index is 0.000000136. The fraction of sp³-hybridized carbons (Fsp3) is 0. The summed E-state index contributed by atoms with van der Waals surface area (Å²) in [6, 6.07) is 28.1. The number of furan rings is 1. The lowest BCUT2D eigenvalue weighted by molar-refractivity contribution is 0.582. The Hall–Kier alpha value is -3.13. The van der Waals surface area contributed by atoms with E-state index in [9.17, 15) is 0 Å². The van der Waals surface area contributed by atoms with Crippen molar-refractivity contribution in [3.63, 3.8) is 0 Å². The van der Waals surface area contributed by atoms with E-state index >= 15 is 0 Å². The Morgan fingerprint density at radius 3 is 1.78 bits per heavy atom. The largest absolute Gasteiger partial charge is 0.464 e. The molecule has 0 bridgehead atoms. The molecule has 2 heteroatoms. The molecule has 0 atom stereocenters. The van der Waals surface area contributed by atoms with Crippen LogP contribution in [0, 0.1) is 0 Å². The van der Waals surface area contributed by atoms with E-state index < -0.39 is 0 Å². The highest BCUT2D eigenvalue weighted by atomic mass is 16.3. The SMILES string of the molecule is c1ccc(-c2cccnc2)cc1.c1ccc(-c2ccco2)cc1. The van der Waals surface area contributed by atoms with Crippen molar-refractivity contribution in [1.29, 1.82) is 0 Å². The summed E-state index contributed by atoms with van der Waals surface area (Å²) >= 11 is 0. The average molecular weight is 299 g/mol. The molecule has 0 saturated heterocycles. The molecule has 4 rings (SSSR count). The van der Waals surface area contributed by atoms with Crippen LogP contribution in [0.2, 0.25) is 0 Å². The zero-order chi connectivity index (χ0) is 15.7. The first kappa shape index (κ1) is 14.8. The molecule has 23 heavy (non-hydrogen) atoms. The van der Waals surface area contributed by atoms with Crippen molar-refractivity contribution in [3.05, 3.63) is 104 Å². The molecule has 0 unspecified atom stereocenters. The number of rotatable bonds is 2. The van der Waals surface area contributed by atoms with Gasteiger partial charge in [-0.15, -0.1) is 0 Å². The lowest BCUT2D eigenvalue weighted by Gasteiger charge is -1.97. The molecule has 112 valence electrons. The number of pyridine rings is 1. The second-order valence-corrected chi connectivity index (χ2v) is 4.95. The van der Waals surface area contributed by atoms with Crippen LogP contribution in [0.3, 0.4) is 0 Å². The molecule has 0 aliphatic rings. The summed E-state index contributed by atoms with van der Waals surface area (Å²) in [6.45, 7) is 0. The number of hydrogen-bond acceptors (Lipinski definition) is 2. The molecule has 4 aromatic rings. The summed E-state index contributed by atoms with van der Waals surface area (Å²) in [5.74, 6) is 0.922. The Bertz CT molecular complexity index is 757. The van der Waals surface area contributed by atoms with Crippen molar-refractivity contribution < 1.29 is 4.42 Å². The molecule has 0 aliphatic heterocycles. The number of benzene rings is 2. The van der Waals surface area contributed by atoms with E-state index in [-0.39, 0.29) is 0 Å². The molecule has 0 fully saturated rings. The monoisotopic (exact) mass is 299 g/mol. The zero-order valence-electron chi connectivity index (χ0n) is 12.7. The summed E-state index contributed by atoms with van der Waals surface area (Å²) in [7, 11) is 0. The van der Waals surface area contributed by atoms with Crippen molar-refractivity contribution in [2.45, 2.75) is 0 Å². The van der Waals surface area contributed by atoms with Gasteiger partial charge >= 0.3 is 0 Å². The van der Waals surface area contributed by atoms with Gasteiger partial charge in [0.05, 0.1) is 6.26 Å². The molecular formula is C21H17NO. The molecule has 0 saturated carbocycles. The molecule has 0 aliphatic carbocycles. The lowest BCUT2D eigenvalue weighted by atomic mass is 10.1. The predicted molar refractivity (Wildman–Crippen MR) is 93.8 cm³/mol. The molecular weight excluding hydrogens is 282 g/mol. The molecule has 2 heterocycles. The summed E-state index contributed by atoms with van der Waals surface area (Å²) in [5, 5.41) is 0. The molecule has 2 aromatic heterocycles. The van der Waals surface area contributed by atoms with Crippen LogP contribution < -0.4 is 0 Å². The first-order chi connectivity index (χ1) is 11.4. The van der Waals surface area contributed by atoms with Gasteiger partial charge in [-0.25, -0.2) is 0 Å². The van der Waals surface area contributed by atoms with Crippen molar-refractivity contribution in [1.82, 2.24) is 4.98 Å². The fourth-order valence-corrected chi connectivity index (χ4v) is 2.21. The topological polar surface area (TPSA) is 26.0 Å². The van der Waals surface area contributed by atoms with Crippen LogP contribution in [0.15, 0.2) is 108 Å². The zero-order valence-corrected chi connectivity index (χ0v) is 12.7. The maximum atomic E-state index is 5.22. The third-order valence-electron chi connectivity index (χ3n) is 3.35. The lowest BCUT2D eigenvalue weighted by Crippen LogP contribution is -1.76. The van der Waals surface area contributed by atoms with Gasteiger partial charge < -0.3 is 4.42 Å². The standard InChI is InChI=1S/C11H9N.C10H8O/c1-2-5-10(6-3-1)11-7-4-8-12-9-11;1-2-5-9(6-3-1)10-7-4-8-11-10/h1-9H;1-8H. The highest BCUT2D eigenvalue weighted by molar-refractivity contribution is 5.61. The van der Waals surface area contributed by atoms with E-state index in [0.29, 0.717) is 0 Å². The van der Waals surface area contributed by atoms with Gasteiger partial charge in [0.25, 0.3) is 0 Å². The smallest absolute Gasteiger partial charge is 0.133 e. The minimum Gasteiger partial charge on any atom is -0.464 e. The van der Waals surface area contributed by atoms with Gasteiger partial charge in [-0.05, 0) is 29.3 Å². The summed E-state index contributed by atoms with van der Waals surface area (Å²) < 4.78 is 5.22. The maximum Gasteiger partial charge on any atom is 0.133 e. The molecule has 2 aromatic carbocycles. The van der Waals surface area contributed by atoms with Crippen molar-refractivity contribution in [2.75, 3.05) is 0 Å². The molecule has 0 amide bonds. The Morgan fingerprint density at radius 1 is 0.565 bits per heavy atom. The van der Waals surface area contributed by atoms with Gasteiger partial charge in [-0.2, -0.15) is 0 Å².